The fourth-order valence-electron chi connectivity index (χ4n) is 4.08. The number of rotatable bonds is 2. The third-order valence-electron chi connectivity index (χ3n) is 5.19. The van der Waals surface area contributed by atoms with Crippen LogP contribution in [-0.4, -0.2) is 36.5 Å². The molecule has 1 N–H and O–H groups in total. The zero-order valence-corrected chi connectivity index (χ0v) is 10.8. The van der Waals surface area contributed by atoms with Gasteiger partial charge in [0, 0.05) is 32.1 Å². The van der Waals surface area contributed by atoms with E-state index < -0.39 is 0 Å². The number of likely N-dealkylation sites (tertiary alicyclic amines) is 1. The van der Waals surface area contributed by atoms with E-state index in [0.29, 0.717) is 23.8 Å². The fraction of sp³-hybridized carbons (Fsp3) is 0.929. The monoisotopic (exact) mass is 236 g/mol. The number of amides is 1. The van der Waals surface area contributed by atoms with E-state index in [2.05, 4.69) is 17.1 Å². The highest BCUT2D eigenvalue weighted by molar-refractivity contribution is 5.77. The first-order valence-electron chi connectivity index (χ1n) is 7.26. The molecule has 0 aromatic heterocycles. The molecule has 2 heterocycles. The molecule has 3 fully saturated rings. The molecule has 3 heteroatoms. The van der Waals surface area contributed by atoms with Crippen LogP contribution in [0.4, 0.5) is 0 Å². The molecule has 1 amide bonds. The van der Waals surface area contributed by atoms with Crippen LogP contribution in [-0.2, 0) is 4.79 Å². The Morgan fingerprint density at radius 3 is 2.76 bits per heavy atom. The van der Waals surface area contributed by atoms with Crippen molar-refractivity contribution in [2.45, 2.75) is 45.1 Å². The minimum absolute atomic E-state index is 0.429. The van der Waals surface area contributed by atoms with E-state index in [-0.39, 0.29) is 0 Å². The van der Waals surface area contributed by atoms with Crippen LogP contribution in [0.3, 0.4) is 0 Å². The lowest BCUT2D eigenvalue weighted by Gasteiger charge is -2.25. The Morgan fingerprint density at radius 1 is 1.29 bits per heavy atom. The van der Waals surface area contributed by atoms with Crippen molar-refractivity contribution >= 4 is 5.91 Å². The van der Waals surface area contributed by atoms with Crippen LogP contribution < -0.4 is 5.32 Å². The summed E-state index contributed by atoms with van der Waals surface area (Å²) in [6.45, 7) is 5.47. The van der Waals surface area contributed by atoms with Crippen molar-refractivity contribution in [2.24, 2.45) is 17.8 Å². The van der Waals surface area contributed by atoms with Gasteiger partial charge in [0.15, 0.2) is 0 Å². The van der Waals surface area contributed by atoms with Crippen LogP contribution in [0.1, 0.15) is 39.0 Å². The van der Waals surface area contributed by atoms with Crippen LogP contribution in [0.5, 0.6) is 0 Å². The Kier molecular flexibility index (Phi) is 3.12. The van der Waals surface area contributed by atoms with Gasteiger partial charge in [-0.25, -0.2) is 0 Å². The van der Waals surface area contributed by atoms with Gasteiger partial charge in [-0.1, -0.05) is 12.8 Å². The van der Waals surface area contributed by atoms with Gasteiger partial charge in [-0.2, -0.15) is 0 Å². The number of hydrogen-bond donors (Lipinski definition) is 1. The molecule has 0 radical (unpaired) electrons. The number of carbonyl (C=O) groups is 1. The van der Waals surface area contributed by atoms with Gasteiger partial charge in [-0.05, 0) is 37.5 Å². The van der Waals surface area contributed by atoms with Crippen molar-refractivity contribution in [3.63, 3.8) is 0 Å². The number of nitrogens with zero attached hydrogens (tertiary/aromatic N) is 1. The molecule has 17 heavy (non-hydrogen) atoms. The van der Waals surface area contributed by atoms with E-state index in [1.807, 2.05) is 0 Å². The lowest BCUT2D eigenvalue weighted by molar-refractivity contribution is -0.133. The maximum atomic E-state index is 12.3. The standard InChI is InChI=1S/C14H24N2O/c1-10-13-8-15-7-12(13)9-16(10)14(17)6-11-4-2-3-5-11/h10-13,15H,2-9H2,1H3. The maximum absolute atomic E-state index is 12.3. The van der Waals surface area contributed by atoms with Gasteiger partial charge in [0.2, 0.25) is 5.91 Å². The Labute approximate surface area is 104 Å². The van der Waals surface area contributed by atoms with Crippen LogP contribution in [0.2, 0.25) is 0 Å². The second-order valence-electron chi connectivity index (χ2n) is 6.22. The van der Waals surface area contributed by atoms with Crippen molar-refractivity contribution in [3.8, 4) is 0 Å². The summed E-state index contributed by atoms with van der Waals surface area (Å²) in [6, 6.07) is 0.462. The molecular weight excluding hydrogens is 212 g/mol. The molecule has 3 aliphatic rings. The molecule has 1 aliphatic carbocycles. The lowest BCUT2D eigenvalue weighted by atomic mass is 9.95. The van der Waals surface area contributed by atoms with Gasteiger partial charge in [0.25, 0.3) is 0 Å². The summed E-state index contributed by atoms with van der Waals surface area (Å²) in [5, 5.41) is 3.45. The Bertz CT molecular complexity index is 299. The molecule has 3 nitrogen and oxygen atoms in total. The topological polar surface area (TPSA) is 32.3 Å². The molecule has 96 valence electrons. The molecule has 0 bridgehead atoms. The molecule has 1 saturated carbocycles. The van der Waals surface area contributed by atoms with Crippen LogP contribution >= 0.6 is 0 Å². The summed E-state index contributed by atoms with van der Waals surface area (Å²) >= 11 is 0. The number of fused-ring (bicyclic) bond motifs is 1. The van der Waals surface area contributed by atoms with Gasteiger partial charge in [0.05, 0.1) is 0 Å². The van der Waals surface area contributed by atoms with Crippen molar-refractivity contribution in [2.75, 3.05) is 19.6 Å². The van der Waals surface area contributed by atoms with Crippen molar-refractivity contribution < 1.29 is 4.79 Å². The highest BCUT2D eigenvalue weighted by Crippen LogP contribution is 2.34. The van der Waals surface area contributed by atoms with Crippen LogP contribution in [0.25, 0.3) is 0 Å². The zero-order valence-electron chi connectivity index (χ0n) is 10.8. The van der Waals surface area contributed by atoms with Crippen molar-refractivity contribution in [3.05, 3.63) is 0 Å². The molecule has 3 rings (SSSR count). The average Bonchev–Trinajstić information content (AvgIpc) is 2.97. The fourth-order valence-corrected chi connectivity index (χ4v) is 4.08. The molecular formula is C14H24N2O. The first kappa shape index (κ1) is 11.5. The van der Waals surface area contributed by atoms with Crippen molar-refractivity contribution in [1.29, 1.82) is 0 Å². The number of carbonyl (C=O) groups excluding carboxylic acids is 1. The van der Waals surface area contributed by atoms with Crippen molar-refractivity contribution in [1.82, 2.24) is 10.2 Å². The zero-order chi connectivity index (χ0) is 11.8. The summed E-state index contributed by atoms with van der Waals surface area (Å²) in [5.74, 6) is 2.55. The largest absolute Gasteiger partial charge is 0.339 e. The second kappa shape index (κ2) is 4.60. The first-order valence-corrected chi connectivity index (χ1v) is 7.26. The molecule has 2 aliphatic heterocycles. The molecule has 0 aromatic carbocycles. The second-order valence-corrected chi connectivity index (χ2v) is 6.22. The highest BCUT2D eigenvalue weighted by Gasteiger charge is 2.43. The van der Waals surface area contributed by atoms with Gasteiger partial charge in [0.1, 0.15) is 0 Å². The summed E-state index contributed by atoms with van der Waals surface area (Å²) < 4.78 is 0. The van der Waals surface area contributed by atoms with E-state index in [9.17, 15) is 4.79 Å². The highest BCUT2D eigenvalue weighted by atomic mass is 16.2. The molecule has 3 atom stereocenters. The lowest BCUT2D eigenvalue weighted by Crippen LogP contribution is -2.38. The normalized spacial score (nSPS) is 37.7. The van der Waals surface area contributed by atoms with E-state index in [4.69, 9.17) is 0 Å². The van der Waals surface area contributed by atoms with Gasteiger partial charge < -0.3 is 10.2 Å². The van der Waals surface area contributed by atoms with E-state index in [1.165, 1.54) is 25.7 Å². The molecule has 3 unspecified atom stereocenters. The minimum Gasteiger partial charge on any atom is -0.339 e. The average molecular weight is 236 g/mol. The van der Waals surface area contributed by atoms with Gasteiger partial charge in [-0.15, -0.1) is 0 Å². The SMILES string of the molecule is CC1C2CNCC2CN1C(=O)CC1CCCC1. The number of hydrogen-bond acceptors (Lipinski definition) is 2. The third kappa shape index (κ3) is 2.10. The molecule has 0 aromatic rings. The summed E-state index contributed by atoms with van der Waals surface area (Å²) in [7, 11) is 0. The quantitative estimate of drug-likeness (QED) is 0.790. The van der Waals surface area contributed by atoms with Crippen LogP contribution in [0, 0.1) is 17.8 Å². The Hall–Kier alpha value is -0.570. The minimum atomic E-state index is 0.429. The van der Waals surface area contributed by atoms with E-state index in [0.717, 1.165) is 32.0 Å². The summed E-state index contributed by atoms with van der Waals surface area (Å²) in [6.07, 6.45) is 6.05. The van der Waals surface area contributed by atoms with E-state index in [1.54, 1.807) is 0 Å². The predicted molar refractivity (Wildman–Crippen MR) is 67.6 cm³/mol. The predicted octanol–water partition coefficient (Wildman–Crippen LogP) is 1.63. The molecule has 0 spiro atoms. The molecule has 2 saturated heterocycles. The Morgan fingerprint density at radius 2 is 2.06 bits per heavy atom. The third-order valence-corrected chi connectivity index (χ3v) is 5.19. The maximum Gasteiger partial charge on any atom is 0.223 e. The summed E-state index contributed by atoms with van der Waals surface area (Å²) in [4.78, 5) is 14.5. The first-order chi connectivity index (χ1) is 8.25. The smallest absolute Gasteiger partial charge is 0.223 e. The van der Waals surface area contributed by atoms with Gasteiger partial charge in [-0.3, -0.25) is 4.79 Å². The summed E-state index contributed by atoms with van der Waals surface area (Å²) in [5.41, 5.74) is 0. The Balaban J connectivity index is 1.58. The number of nitrogens with one attached hydrogen (secondary N) is 1. The van der Waals surface area contributed by atoms with E-state index >= 15 is 0 Å². The van der Waals surface area contributed by atoms with Crippen LogP contribution in [0.15, 0.2) is 0 Å². The van der Waals surface area contributed by atoms with Gasteiger partial charge >= 0.3 is 0 Å².